The molecule has 0 N–H and O–H groups in total. The lowest BCUT2D eigenvalue weighted by Crippen LogP contribution is -2.40. The van der Waals surface area contributed by atoms with Crippen LogP contribution in [0.25, 0.3) is 22.9 Å². The number of hydrogen-bond acceptors (Lipinski definition) is 6. The van der Waals surface area contributed by atoms with Crippen LogP contribution in [0.3, 0.4) is 0 Å². The molecule has 8 heteroatoms. The Morgan fingerprint density at radius 1 is 1.06 bits per heavy atom. The normalized spacial score (nSPS) is 12.2. The number of carbonyl (C=O) groups is 2. The molecule has 3 rings (SSSR count). The number of amides is 1. The van der Waals surface area contributed by atoms with Crippen molar-refractivity contribution in [2.24, 2.45) is 0 Å². The van der Waals surface area contributed by atoms with Crippen molar-refractivity contribution in [2.45, 2.75) is 27.3 Å². The Morgan fingerprint density at radius 2 is 1.76 bits per heavy atom. The third-order valence-electron chi connectivity index (χ3n) is 5.24. The summed E-state index contributed by atoms with van der Waals surface area (Å²) >= 11 is 1.16. The van der Waals surface area contributed by atoms with Gasteiger partial charge in [-0.2, -0.15) is 0 Å². The number of methoxy groups -OCH3 is 1. The number of rotatable bonds is 8. The summed E-state index contributed by atoms with van der Waals surface area (Å²) in [6.45, 7) is 6.68. The highest BCUT2D eigenvalue weighted by molar-refractivity contribution is 7.07. The van der Waals surface area contributed by atoms with Gasteiger partial charge in [-0.1, -0.05) is 18.2 Å². The van der Waals surface area contributed by atoms with E-state index in [1.807, 2.05) is 50.2 Å². The maximum Gasteiger partial charge on any atom is 0.333 e. The zero-order chi connectivity index (χ0) is 24.0. The minimum atomic E-state index is -0.547. The smallest absolute Gasteiger partial charge is 0.333 e. The molecule has 0 atom stereocenters. The second-order valence-corrected chi connectivity index (χ2v) is 8.34. The van der Waals surface area contributed by atoms with E-state index in [1.165, 1.54) is 10.6 Å². The molecule has 0 unspecified atom stereocenters. The highest BCUT2D eigenvalue weighted by Crippen LogP contribution is 2.22. The van der Waals surface area contributed by atoms with E-state index in [0.29, 0.717) is 22.3 Å². The molecule has 0 bridgehead atoms. The van der Waals surface area contributed by atoms with Crippen molar-refractivity contribution in [3.63, 3.8) is 0 Å². The number of likely N-dealkylation sites (N-methyl/N-ethyl adjacent to an activating group) is 1. The summed E-state index contributed by atoms with van der Waals surface area (Å²) < 4.78 is 12.5. The molecular formula is C25H28N2O5S. The summed E-state index contributed by atoms with van der Waals surface area (Å²) in [7, 11) is 1.63. The molecule has 33 heavy (non-hydrogen) atoms. The number of ether oxygens (including phenoxy) is 2. The van der Waals surface area contributed by atoms with Crippen molar-refractivity contribution in [1.82, 2.24) is 9.47 Å². The lowest BCUT2D eigenvalue weighted by Gasteiger charge is -2.18. The monoisotopic (exact) mass is 468 g/mol. The molecular weight excluding hydrogens is 440 g/mol. The predicted octanol–water partition coefficient (Wildman–Crippen LogP) is 2.11. The van der Waals surface area contributed by atoms with Gasteiger partial charge in [0.2, 0.25) is 5.91 Å². The molecule has 174 valence electrons. The Labute approximate surface area is 196 Å². The highest BCUT2D eigenvalue weighted by atomic mass is 32.1. The average molecular weight is 469 g/mol. The van der Waals surface area contributed by atoms with E-state index in [-0.39, 0.29) is 24.6 Å². The first-order valence-electron chi connectivity index (χ1n) is 10.9. The van der Waals surface area contributed by atoms with Crippen molar-refractivity contribution < 1.29 is 19.1 Å². The molecule has 0 saturated carbocycles. The van der Waals surface area contributed by atoms with Gasteiger partial charge in [0.05, 0.1) is 24.3 Å². The Hall–Kier alpha value is -3.39. The van der Waals surface area contributed by atoms with Crippen molar-refractivity contribution in [3.8, 4) is 5.75 Å². The molecule has 0 aliphatic carbocycles. The molecule has 1 amide bonds. The fourth-order valence-electron chi connectivity index (χ4n) is 3.50. The van der Waals surface area contributed by atoms with E-state index in [4.69, 9.17) is 9.47 Å². The summed E-state index contributed by atoms with van der Waals surface area (Å²) in [5, 5.41) is 2.03. The topological polar surface area (TPSA) is 77.8 Å². The van der Waals surface area contributed by atoms with E-state index in [2.05, 4.69) is 0 Å². The van der Waals surface area contributed by atoms with Crippen LogP contribution in [0, 0.1) is 0 Å². The van der Waals surface area contributed by atoms with Crippen molar-refractivity contribution in [3.05, 3.63) is 61.5 Å². The molecule has 7 nitrogen and oxygen atoms in total. The lowest BCUT2D eigenvalue weighted by atomic mass is 10.1. The molecule has 0 spiro atoms. The Morgan fingerprint density at radius 3 is 2.42 bits per heavy atom. The molecule has 1 aromatic heterocycles. The average Bonchev–Trinajstić information content (AvgIpc) is 3.08. The standard InChI is InChI=1S/C25H28N2O5S/c1-5-26(6-2)22(28)16-27-23(15-24(29)32-7-3)33-21(25(27)30)13-17-8-9-19-14-20(31-4)11-10-18(19)12-17/h8-15H,5-7,16H2,1-4H3/b21-13+,23-15+. The minimum absolute atomic E-state index is 0.131. The van der Waals surface area contributed by atoms with Gasteiger partial charge in [0, 0.05) is 13.1 Å². The van der Waals surface area contributed by atoms with E-state index < -0.39 is 5.97 Å². The van der Waals surface area contributed by atoms with Gasteiger partial charge in [0.25, 0.3) is 5.56 Å². The fraction of sp³-hybridized carbons (Fsp3) is 0.320. The number of benzene rings is 2. The minimum Gasteiger partial charge on any atom is -0.497 e. The number of carbonyl (C=O) groups excluding carboxylic acids is 2. The number of thiazole rings is 1. The third-order valence-corrected chi connectivity index (χ3v) is 6.30. The van der Waals surface area contributed by atoms with Gasteiger partial charge in [0.15, 0.2) is 0 Å². The maximum absolute atomic E-state index is 13.2. The molecule has 0 aliphatic rings. The number of aromatic nitrogens is 1. The van der Waals surface area contributed by atoms with Gasteiger partial charge >= 0.3 is 5.97 Å². The second kappa shape index (κ2) is 11.0. The Balaban J connectivity index is 2.10. The van der Waals surface area contributed by atoms with E-state index in [1.54, 1.807) is 25.0 Å². The van der Waals surface area contributed by atoms with Gasteiger partial charge in [-0.25, -0.2) is 4.79 Å². The summed E-state index contributed by atoms with van der Waals surface area (Å²) in [4.78, 5) is 39.6. The molecule has 1 heterocycles. The summed E-state index contributed by atoms with van der Waals surface area (Å²) in [6.07, 6.45) is 3.05. The summed E-state index contributed by atoms with van der Waals surface area (Å²) in [5.41, 5.74) is 0.529. The van der Waals surface area contributed by atoms with Crippen LogP contribution in [0.4, 0.5) is 0 Å². The predicted molar refractivity (Wildman–Crippen MR) is 131 cm³/mol. The number of hydrogen-bond donors (Lipinski definition) is 0. The molecule has 0 radical (unpaired) electrons. The van der Waals surface area contributed by atoms with Crippen LogP contribution in [-0.4, -0.2) is 48.1 Å². The van der Waals surface area contributed by atoms with Gasteiger partial charge in [0.1, 0.15) is 17.0 Å². The van der Waals surface area contributed by atoms with Gasteiger partial charge in [-0.05, 0) is 61.4 Å². The van der Waals surface area contributed by atoms with E-state index >= 15 is 0 Å². The summed E-state index contributed by atoms with van der Waals surface area (Å²) in [6, 6.07) is 11.7. The van der Waals surface area contributed by atoms with Crippen molar-refractivity contribution in [1.29, 1.82) is 0 Å². The van der Waals surface area contributed by atoms with Crippen LogP contribution in [0.2, 0.25) is 0 Å². The van der Waals surface area contributed by atoms with E-state index in [0.717, 1.165) is 33.4 Å². The summed E-state index contributed by atoms with van der Waals surface area (Å²) in [5.74, 6) is 0.0518. The molecule has 2 aromatic carbocycles. The Bertz CT molecular complexity index is 1340. The van der Waals surface area contributed by atoms with Gasteiger partial charge in [-0.15, -0.1) is 11.3 Å². The number of fused-ring (bicyclic) bond motifs is 1. The van der Waals surface area contributed by atoms with Crippen LogP contribution in [0.15, 0.2) is 41.2 Å². The second-order valence-electron chi connectivity index (χ2n) is 7.28. The van der Waals surface area contributed by atoms with Crippen LogP contribution >= 0.6 is 11.3 Å². The third kappa shape index (κ3) is 5.70. The first kappa shape index (κ1) is 24.3. The van der Waals surface area contributed by atoms with Gasteiger partial charge in [-0.3, -0.25) is 14.2 Å². The quantitative estimate of drug-likeness (QED) is 0.473. The maximum atomic E-state index is 13.2. The largest absolute Gasteiger partial charge is 0.497 e. The van der Waals surface area contributed by atoms with Crippen molar-refractivity contribution >= 4 is 46.1 Å². The van der Waals surface area contributed by atoms with Crippen molar-refractivity contribution in [2.75, 3.05) is 26.8 Å². The van der Waals surface area contributed by atoms with Gasteiger partial charge < -0.3 is 14.4 Å². The SMILES string of the molecule is CCOC(=O)/C=c1/s/c(=C/c2ccc3cc(OC)ccc3c2)c(=O)n1CC(=O)N(CC)CC. The molecule has 3 aromatic rings. The van der Waals surface area contributed by atoms with Crippen LogP contribution in [0.5, 0.6) is 5.75 Å². The van der Waals surface area contributed by atoms with Crippen LogP contribution < -0.4 is 19.5 Å². The Kier molecular flexibility index (Phi) is 8.06. The molecule has 0 saturated heterocycles. The molecule has 0 fully saturated rings. The molecule has 0 aliphatic heterocycles. The van der Waals surface area contributed by atoms with Crippen LogP contribution in [-0.2, 0) is 20.9 Å². The number of nitrogens with zero attached hydrogens (tertiary/aromatic N) is 2. The number of esters is 1. The van der Waals surface area contributed by atoms with Crippen LogP contribution in [0.1, 0.15) is 26.3 Å². The fourth-order valence-corrected chi connectivity index (χ4v) is 4.53. The lowest BCUT2D eigenvalue weighted by molar-refractivity contribution is -0.135. The highest BCUT2D eigenvalue weighted by Gasteiger charge is 2.15. The first-order chi connectivity index (χ1) is 15.9. The zero-order valence-electron chi connectivity index (χ0n) is 19.3. The zero-order valence-corrected chi connectivity index (χ0v) is 20.1. The first-order valence-corrected chi connectivity index (χ1v) is 11.7. The van der Waals surface area contributed by atoms with E-state index in [9.17, 15) is 14.4 Å².